The van der Waals surface area contributed by atoms with E-state index in [-0.39, 0.29) is 5.75 Å². The van der Waals surface area contributed by atoms with Gasteiger partial charge in [0.1, 0.15) is 5.75 Å². The van der Waals surface area contributed by atoms with Crippen LogP contribution in [0.1, 0.15) is 0 Å². The van der Waals surface area contributed by atoms with Crippen molar-refractivity contribution in [3.05, 3.63) is 53.0 Å². The number of benzene rings is 2. The van der Waals surface area contributed by atoms with Gasteiger partial charge in [0.25, 0.3) is 0 Å². The Morgan fingerprint density at radius 3 is 2.65 bits per heavy atom. The number of nitrogens with one attached hydrogen (secondary N) is 1. The van der Waals surface area contributed by atoms with Crippen molar-refractivity contribution in [2.75, 3.05) is 0 Å². The Kier molecular flexibility index (Phi) is 2.41. The van der Waals surface area contributed by atoms with E-state index in [0.29, 0.717) is 0 Å². The normalized spacial score (nSPS) is 10.9. The van der Waals surface area contributed by atoms with Crippen molar-refractivity contribution >= 4 is 26.8 Å². The molecular formula is C14H10BrNO. The van der Waals surface area contributed by atoms with Gasteiger partial charge < -0.3 is 10.1 Å². The summed E-state index contributed by atoms with van der Waals surface area (Å²) in [6.07, 6.45) is 0. The molecule has 1 aromatic heterocycles. The third kappa shape index (κ3) is 1.83. The molecule has 84 valence electrons. The number of rotatable bonds is 1. The Bertz CT molecular complexity index is 688. The van der Waals surface area contributed by atoms with Crippen LogP contribution in [0.3, 0.4) is 0 Å². The fraction of sp³-hybridized carbons (Fsp3) is 0. The first-order chi connectivity index (χ1) is 8.24. The van der Waals surface area contributed by atoms with Gasteiger partial charge in [-0.15, -0.1) is 0 Å². The third-order valence-corrected chi connectivity index (χ3v) is 3.27. The number of hydrogen-bond acceptors (Lipinski definition) is 1. The number of aromatic amines is 1. The first kappa shape index (κ1) is 10.4. The molecule has 0 amide bonds. The smallest absolute Gasteiger partial charge is 0.124 e. The summed E-state index contributed by atoms with van der Waals surface area (Å²) in [6, 6.07) is 15.4. The van der Waals surface area contributed by atoms with Crippen LogP contribution in [0.4, 0.5) is 0 Å². The number of hydrogen-bond donors (Lipinski definition) is 2. The fourth-order valence-electron chi connectivity index (χ4n) is 1.95. The maximum atomic E-state index is 9.81. The van der Waals surface area contributed by atoms with Crippen molar-refractivity contribution in [1.29, 1.82) is 0 Å². The fourth-order valence-corrected chi connectivity index (χ4v) is 2.33. The molecule has 2 nitrogen and oxygen atoms in total. The highest BCUT2D eigenvalue weighted by atomic mass is 79.9. The van der Waals surface area contributed by atoms with E-state index < -0.39 is 0 Å². The summed E-state index contributed by atoms with van der Waals surface area (Å²) in [4.78, 5) is 3.30. The van der Waals surface area contributed by atoms with Gasteiger partial charge in [0.15, 0.2) is 0 Å². The maximum Gasteiger partial charge on any atom is 0.124 e. The average molecular weight is 288 g/mol. The highest BCUT2D eigenvalue weighted by molar-refractivity contribution is 9.10. The van der Waals surface area contributed by atoms with Crippen molar-refractivity contribution < 1.29 is 5.11 Å². The van der Waals surface area contributed by atoms with Crippen molar-refractivity contribution in [2.24, 2.45) is 0 Å². The molecule has 17 heavy (non-hydrogen) atoms. The highest BCUT2D eigenvalue weighted by Gasteiger charge is 2.06. The Balaban J connectivity index is 2.22. The monoisotopic (exact) mass is 287 g/mol. The quantitative estimate of drug-likeness (QED) is 0.688. The van der Waals surface area contributed by atoms with Gasteiger partial charge >= 0.3 is 0 Å². The molecule has 3 heteroatoms. The van der Waals surface area contributed by atoms with Crippen LogP contribution in [-0.2, 0) is 0 Å². The molecule has 0 aliphatic heterocycles. The van der Waals surface area contributed by atoms with Gasteiger partial charge in [0, 0.05) is 20.9 Å². The van der Waals surface area contributed by atoms with Gasteiger partial charge in [0.05, 0.1) is 5.69 Å². The topological polar surface area (TPSA) is 36.0 Å². The van der Waals surface area contributed by atoms with Crippen LogP contribution < -0.4 is 0 Å². The van der Waals surface area contributed by atoms with Crippen LogP contribution in [0.15, 0.2) is 53.0 Å². The number of phenolic OH excluding ortho intramolecular Hbond substituents is 1. The minimum atomic E-state index is 0.290. The SMILES string of the molecule is Oc1ccccc1-c1cc2cc(Br)ccc2[nH]1. The Hall–Kier alpha value is -1.74. The van der Waals surface area contributed by atoms with E-state index in [2.05, 4.69) is 27.0 Å². The van der Waals surface area contributed by atoms with E-state index in [1.54, 1.807) is 6.07 Å². The van der Waals surface area contributed by atoms with Crippen LogP contribution in [0.5, 0.6) is 5.75 Å². The van der Waals surface area contributed by atoms with Crippen molar-refractivity contribution in [3.8, 4) is 17.0 Å². The zero-order valence-electron chi connectivity index (χ0n) is 8.94. The predicted molar refractivity (Wildman–Crippen MR) is 73.1 cm³/mol. The average Bonchev–Trinajstić information content (AvgIpc) is 2.72. The summed E-state index contributed by atoms with van der Waals surface area (Å²) in [6.45, 7) is 0. The number of para-hydroxylation sites is 1. The molecule has 0 bridgehead atoms. The first-order valence-electron chi connectivity index (χ1n) is 5.31. The van der Waals surface area contributed by atoms with Crippen molar-refractivity contribution in [2.45, 2.75) is 0 Å². The molecule has 0 saturated carbocycles. The lowest BCUT2D eigenvalue weighted by Crippen LogP contribution is -1.77. The highest BCUT2D eigenvalue weighted by Crippen LogP contribution is 2.31. The number of H-pyrrole nitrogens is 1. The van der Waals surface area contributed by atoms with Gasteiger partial charge in [-0.25, -0.2) is 0 Å². The molecule has 0 aliphatic carbocycles. The second-order valence-electron chi connectivity index (χ2n) is 3.93. The van der Waals surface area contributed by atoms with Crippen LogP contribution in [0, 0.1) is 0 Å². The van der Waals surface area contributed by atoms with Crippen LogP contribution in [0.25, 0.3) is 22.2 Å². The molecule has 2 aromatic carbocycles. The van der Waals surface area contributed by atoms with Crippen molar-refractivity contribution in [3.63, 3.8) is 0 Å². The lowest BCUT2D eigenvalue weighted by atomic mass is 10.1. The summed E-state index contributed by atoms with van der Waals surface area (Å²) < 4.78 is 1.05. The second-order valence-corrected chi connectivity index (χ2v) is 4.85. The molecule has 0 unspecified atom stereocenters. The van der Waals surface area contributed by atoms with Crippen LogP contribution in [0.2, 0.25) is 0 Å². The minimum absolute atomic E-state index is 0.290. The largest absolute Gasteiger partial charge is 0.507 e. The summed E-state index contributed by atoms with van der Waals surface area (Å²) in [5.74, 6) is 0.290. The third-order valence-electron chi connectivity index (χ3n) is 2.78. The van der Waals surface area contributed by atoms with Crippen LogP contribution >= 0.6 is 15.9 Å². The zero-order chi connectivity index (χ0) is 11.8. The van der Waals surface area contributed by atoms with Crippen LogP contribution in [-0.4, -0.2) is 10.1 Å². The van der Waals surface area contributed by atoms with Crippen molar-refractivity contribution in [1.82, 2.24) is 4.98 Å². The lowest BCUT2D eigenvalue weighted by molar-refractivity contribution is 0.477. The molecule has 0 atom stereocenters. The van der Waals surface area contributed by atoms with Gasteiger partial charge in [-0.1, -0.05) is 28.1 Å². The van der Waals surface area contributed by atoms with E-state index in [0.717, 1.165) is 26.6 Å². The van der Waals surface area contributed by atoms with E-state index in [4.69, 9.17) is 0 Å². The molecular weight excluding hydrogens is 278 g/mol. The molecule has 1 heterocycles. The predicted octanol–water partition coefficient (Wildman–Crippen LogP) is 4.30. The second kappa shape index (κ2) is 3.93. The maximum absolute atomic E-state index is 9.81. The minimum Gasteiger partial charge on any atom is -0.507 e. The number of aromatic hydroxyl groups is 1. The summed E-state index contributed by atoms with van der Waals surface area (Å²) in [7, 11) is 0. The molecule has 2 N–H and O–H groups in total. The number of fused-ring (bicyclic) bond motifs is 1. The van der Waals surface area contributed by atoms with Gasteiger partial charge in [-0.3, -0.25) is 0 Å². The van der Waals surface area contributed by atoms with Gasteiger partial charge in [0.2, 0.25) is 0 Å². The molecule has 0 fully saturated rings. The van der Waals surface area contributed by atoms with E-state index in [9.17, 15) is 5.11 Å². The summed E-state index contributed by atoms with van der Waals surface area (Å²) >= 11 is 3.45. The number of halogens is 1. The van der Waals surface area contributed by atoms with Gasteiger partial charge in [-0.2, -0.15) is 0 Å². The Morgan fingerprint density at radius 1 is 1.00 bits per heavy atom. The molecule has 0 saturated heterocycles. The molecule has 3 rings (SSSR count). The summed E-state index contributed by atoms with van der Waals surface area (Å²) in [5, 5.41) is 10.9. The molecule has 0 aliphatic rings. The molecule has 0 radical (unpaired) electrons. The molecule has 0 spiro atoms. The Morgan fingerprint density at radius 2 is 1.82 bits per heavy atom. The van der Waals surface area contributed by atoms with E-state index in [1.807, 2.05) is 36.4 Å². The van der Waals surface area contributed by atoms with E-state index in [1.165, 1.54) is 0 Å². The standard InChI is InChI=1S/C14H10BrNO/c15-10-5-6-12-9(7-10)8-13(16-12)11-3-1-2-4-14(11)17/h1-8,16-17H. The summed E-state index contributed by atoms with van der Waals surface area (Å²) in [5.41, 5.74) is 2.81. The molecule has 3 aromatic rings. The number of phenols is 1. The lowest BCUT2D eigenvalue weighted by Gasteiger charge is -2.00. The van der Waals surface area contributed by atoms with Gasteiger partial charge in [-0.05, 0) is 36.4 Å². The first-order valence-corrected chi connectivity index (χ1v) is 6.10. The number of aromatic nitrogens is 1. The van der Waals surface area contributed by atoms with E-state index >= 15 is 0 Å². The Labute approximate surface area is 107 Å². The zero-order valence-corrected chi connectivity index (χ0v) is 10.5.